The summed E-state index contributed by atoms with van der Waals surface area (Å²) in [7, 11) is 0. The van der Waals surface area contributed by atoms with E-state index in [1.165, 1.54) is 12.1 Å². The summed E-state index contributed by atoms with van der Waals surface area (Å²) in [5.74, 6) is 0.864. The van der Waals surface area contributed by atoms with Gasteiger partial charge in [0.2, 0.25) is 0 Å². The van der Waals surface area contributed by atoms with Crippen molar-refractivity contribution < 1.29 is 17.9 Å². The molecule has 0 aliphatic heterocycles. The van der Waals surface area contributed by atoms with Gasteiger partial charge in [-0.05, 0) is 30.2 Å². The van der Waals surface area contributed by atoms with Crippen LogP contribution in [-0.2, 0) is 0 Å². The molecule has 0 atom stereocenters. The molecule has 2 heterocycles. The van der Waals surface area contributed by atoms with Gasteiger partial charge in [-0.2, -0.15) is 0 Å². The molecule has 0 unspecified atom stereocenters. The number of ether oxygens (including phenoxy) is 1. The Bertz CT molecular complexity index is 856. The average molecular weight is 350 g/mol. The zero-order valence-electron chi connectivity index (χ0n) is 13.7. The summed E-state index contributed by atoms with van der Waals surface area (Å²) in [5, 5.41) is 3.25. The van der Waals surface area contributed by atoms with Crippen LogP contribution in [0.3, 0.4) is 0 Å². The molecular weight excluding hydrogens is 333 g/mol. The molecule has 0 fully saturated rings. The summed E-state index contributed by atoms with van der Waals surface area (Å²) < 4.78 is 42.5. The predicted octanol–water partition coefficient (Wildman–Crippen LogP) is 4.36. The van der Waals surface area contributed by atoms with Gasteiger partial charge in [-0.1, -0.05) is 13.8 Å². The molecule has 0 amide bonds. The third-order valence-corrected chi connectivity index (χ3v) is 3.49. The third kappa shape index (κ3) is 4.01. The van der Waals surface area contributed by atoms with Crippen LogP contribution in [0.2, 0.25) is 0 Å². The van der Waals surface area contributed by atoms with Crippen molar-refractivity contribution in [1.82, 2.24) is 14.4 Å². The number of rotatable bonds is 5. The Hall–Kier alpha value is -2.77. The van der Waals surface area contributed by atoms with Crippen molar-refractivity contribution in [3.05, 3.63) is 42.9 Å². The van der Waals surface area contributed by atoms with Crippen molar-refractivity contribution in [3.8, 4) is 17.0 Å². The maximum absolute atomic E-state index is 12.2. The molecule has 3 rings (SSSR count). The van der Waals surface area contributed by atoms with E-state index in [0.717, 1.165) is 17.8 Å². The number of alkyl halides is 3. The number of benzene rings is 1. The van der Waals surface area contributed by atoms with Crippen molar-refractivity contribution in [1.29, 1.82) is 0 Å². The van der Waals surface area contributed by atoms with E-state index in [1.54, 1.807) is 30.7 Å². The van der Waals surface area contributed by atoms with E-state index in [0.29, 0.717) is 17.4 Å². The highest BCUT2D eigenvalue weighted by molar-refractivity contribution is 5.70. The number of anilines is 1. The standard InChI is InChI=1S/C17H17F3N4O/c1-11(2)9-22-15-16-23-10-14(24(16)8-7-21-15)12-3-5-13(6-4-12)25-17(18,19)20/h3-8,10-11H,9H2,1-2H3,(H,21,22). The minimum atomic E-state index is -4.70. The largest absolute Gasteiger partial charge is 0.573 e. The molecule has 0 saturated carbocycles. The number of halogens is 3. The maximum atomic E-state index is 12.2. The van der Waals surface area contributed by atoms with Crippen molar-refractivity contribution in [3.63, 3.8) is 0 Å². The fraction of sp³-hybridized carbons (Fsp3) is 0.294. The van der Waals surface area contributed by atoms with Crippen LogP contribution in [0.5, 0.6) is 5.75 Å². The van der Waals surface area contributed by atoms with Crippen LogP contribution in [0.4, 0.5) is 19.0 Å². The van der Waals surface area contributed by atoms with Crippen molar-refractivity contribution in [2.24, 2.45) is 5.92 Å². The Morgan fingerprint density at radius 1 is 1.16 bits per heavy atom. The first-order chi connectivity index (χ1) is 11.8. The molecular formula is C17H17F3N4O. The molecule has 3 aromatic rings. The number of nitrogens with one attached hydrogen (secondary N) is 1. The van der Waals surface area contributed by atoms with Gasteiger partial charge in [-0.15, -0.1) is 13.2 Å². The average Bonchev–Trinajstić information content (AvgIpc) is 2.96. The molecule has 0 radical (unpaired) electrons. The molecule has 25 heavy (non-hydrogen) atoms. The predicted molar refractivity (Wildman–Crippen MR) is 88.4 cm³/mol. The Morgan fingerprint density at radius 3 is 2.52 bits per heavy atom. The lowest BCUT2D eigenvalue weighted by Gasteiger charge is -2.10. The molecule has 5 nitrogen and oxygen atoms in total. The first-order valence-electron chi connectivity index (χ1n) is 7.75. The summed E-state index contributed by atoms with van der Waals surface area (Å²) in [6.07, 6.45) is 0.380. The lowest BCUT2D eigenvalue weighted by atomic mass is 10.1. The van der Waals surface area contributed by atoms with Gasteiger partial charge in [-0.25, -0.2) is 9.97 Å². The SMILES string of the molecule is CC(C)CNc1nccn2c(-c3ccc(OC(F)(F)F)cc3)cnc12. The van der Waals surface area contributed by atoms with Gasteiger partial charge in [0.25, 0.3) is 0 Å². The van der Waals surface area contributed by atoms with Crippen molar-refractivity contribution in [2.75, 3.05) is 11.9 Å². The number of fused-ring (bicyclic) bond motifs is 1. The monoisotopic (exact) mass is 350 g/mol. The van der Waals surface area contributed by atoms with Gasteiger partial charge in [0, 0.05) is 24.5 Å². The Kier molecular flexibility index (Phi) is 4.52. The van der Waals surface area contributed by atoms with Gasteiger partial charge in [0.1, 0.15) is 5.75 Å². The van der Waals surface area contributed by atoms with E-state index in [1.807, 2.05) is 4.40 Å². The lowest BCUT2D eigenvalue weighted by Crippen LogP contribution is -2.16. The summed E-state index contributed by atoms with van der Waals surface area (Å²) >= 11 is 0. The molecule has 0 aliphatic carbocycles. The summed E-state index contributed by atoms with van der Waals surface area (Å²) in [6, 6.07) is 5.68. The quantitative estimate of drug-likeness (QED) is 0.743. The van der Waals surface area contributed by atoms with E-state index in [4.69, 9.17) is 0 Å². The fourth-order valence-corrected chi connectivity index (χ4v) is 2.39. The Morgan fingerprint density at radius 2 is 1.88 bits per heavy atom. The van der Waals surface area contributed by atoms with Gasteiger partial charge in [0.05, 0.1) is 11.9 Å². The molecule has 1 N–H and O–H groups in total. The number of nitrogens with zero attached hydrogens (tertiary/aromatic N) is 3. The highest BCUT2D eigenvalue weighted by atomic mass is 19.4. The summed E-state index contributed by atoms with van der Waals surface area (Å²) in [5.41, 5.74) is 2.14. The van der Waals surface area contributed by atoms with Crippen LogP contribution in [0.25, 0.3) is 16.9 Å². The first-order valence-corrected chi connectivity index (χ1v) is 7.75. The third-order valence-electron chi connectivity index (χ3n) is 3.49. The molecule has 132 valence electrons. The fourth-order valence-electron chi connectivity index (χ4n) is 2.39. The van der Waals surface area contributed by atoms with Crippen molar-refractivity contribution in [2.45, 2.75) is 20.2 Å². The maximum Gasteiger partial charge on any atom is 0.573 e. The molecule has 0 saturated heterocycles. The van der Waals surface area contributed by atoms with Crippen LogP contribution >= 0.6 is 0 Å². The van der Waals surface area contributed by atoms with Crippen molar-refractivity contribution >= 4 is 11.5 Å². The number of aromatic nitrogens is 3. The van der Waals surface area contributed by atoms with Crippen LogP contribution in [0, 0.1) is 5.92 Å². The zero-order valence-corrected chi connectivity index (χ0v) is 13.7. The van der Waals surface area contributed by atoms with E-state index in [-0.39, 0.29) is 5.75 Å². The Balaban J connectivity index is 1.90. The second-order valence-corrected chi connectivity index (χ2v) is 5.96. The second kappa shape index (κ2) is 6.62. The van der Waals surface area contributed by atoms with Gasteiger partial charge in [0.15, 0.2) is 11.5 Å². The molecule has 0 aliphatic rings. The molecule has 2 aromatic heterocycles. The van der Waals surface area contributed by atoms with Gasteiger partial charge < -0.3 is 10.1 Å². The van der Waals surface area contributed by atoms with E-state index in [9.17, 15) is 13.2 Å². The van der Waals surface area contributed by atoms with Gasteiger partial charge in [-0.3, -0.25) is 4.40 Å². The van der Waals surface area contributed by atoms with E-state index in [2.05, 4.69) is 33.9 Å². The highest BCUT2D eigenvalue weighted by Crippen LogP contribution is 2.27. The van der Waals surface area contributed by atoms with E-state index >= 15 is 0 Å². The Labute approximate surface area is 142 Å². The number of hydrogen-bond acceptors (Lipinski definition) is 4. The summed E-state index contributed by atoms with van der Waals surface area (Å²) in [4.78, 5) is 8.68. The molecule has 0 spiro atoms. The first kappa shape index (κ1) is 17.1. The van der Waals surface area contributed by atoms with Crippen LogP contribution in [-0.4, -0.2) is 27.3 Å². The number of hydrogen-bond donors (Lipinski definition) is 1. The minimum Gasteiger partial charge on any atom is -0.406 e. The number of imidazole rings is 1. The smallest absolute Gasteiger partial charge is 0.406 e. The lowest BCUT2D eigenvalue weighted by molar-refractivity contribution is -0.274. The highest BCUT2D eigenvalue weighted by Gasteiger charge is 2.31. The molecule has 1 aromatic carbocycles. The topological polar surface area (TPSA) is 51.5 Å². The zero-order chi connectivity index (χ0) is 18.0. The molecule has 8 heteroatoms. The van der Waals surface area contributed by atoms with Crippen LogP contribution in [0.1, 0.15) is 13.8 Å². The van der Waals surface area contributed by atoms with Crippen LogP contribution in [0.15, 0.2) is 42.9 Å². The normalized spacial score (nSPS) is 11.9. The van der Waals surface area contributed by atoms with Crippen LogP contribution < -0.4 is 10.1 Å². The molecule has 0 bridgehead atoms. The summed E-state index contributed by atoms with van der Waals surface area (Å²) in [6.45, 7) is 4.95. The second-order valence-electron chi connectivity index (χ2n) is 5.96. The minimum absolute atomic E-state index is 0.258. The van der Waals surface area contributed by atoms with E-state index < -0.39 is 6.36 Å². The van der Waals surface area contributed by atoms with Gasteiger partial charge >= 0.3 is 6.36 Å².